The summed E-state index contributed by atoms with van der Waals surface area (Å²) in [5.41, 5.74) is 2.22. The topological polar surface area (TPSA) is 62.1 Å². The fraction of sp³-hybridized carbons (Fsp3) is 0.0435. The van der Waals surface area contributed by atoms with Crippen LogP contribution in [-0.4, -0.2) is 5.91 Å². The van der Waals surface area contributed by atoms with E-state index in [2.05, 4.69) is 59.8 Å². The van der Waals surface area contributed by atoms with Crippen molar-refractivity contribution in [3.8, 4) is 11.8 Å². The average molecular weight is 638 g/mol. The van der Waals surface area contributed by atoms with Crippen molar-refractivity contribution in [2.45, 2.75) is 6.61 Å². The molecule has 0 spiro atoms. The minimum absolute atomic E-state index is 0.0249. The van der Waals surface area contributed by atoms with Crippen LogP contribution >= 0.6 is 54.5 Å². The number of amides is 1. The fourth-order valence-electron chi connectivity index (χ4n) is 2.61. The van der Waals surface area contributed by atoms with Crippen molar-refractivity contribution >= 4 is 72.1 Å². The summed E-state index contributed by atoms with van der Waals surface area (Å²) in [6, 6.07) is 22.8. The van der Waals surface area contributed by atoms with E-state index in [1.54, 1.807) is 18.2 Å². The van der Waals surface area contributed by atoms with Crippen LogP contribution in [0.1, 0.15) is 11.1 Å². The van der Waals surface area contributed by atoms with E-state index < -0.39 is 5.91 Å². The quantitative estimate of drug-likeness (QED) is 0.181. The Morgan fingerprint density at radius 3 is 2.47 bits per heavy atom. The highest BCUT2D eigenvalue weighted by Crippen LogP contribution is 2.35. The van der Waals surface area contributed by atoms with Gasteiger partial charge in [-0.2, -0.15) is 5.26 Å². The third-order valence-corrected chi connectivity index (χ3v) is 5.80. The number of nitrogens with zero attached hydrogens (tertiary/aromatic N) is 1. The molecule has 0 saturated carbocycles. The first-order chi connectivity index (χ1) is 14.5. The van der Waals surface area contributed by atoms with Gasteiger partial charge >= 0.3 is 0 Å². The van der Waals surface area contributed by atoms with E-state index in [-0.39, 0.29) is 5.57 Å². The van der Waals surface area contributed by atoms with E-state index >= 15 is 0 Å². The molecular formula is C23H15Br2IN2O2. The van der Waals surface area contributed by atoms with Gasteiger partial charge in [-0.05, 0) is 86.6 Å². The lowest BCUT2D eigenvalue weighted by Crippen LogP contribution is -2.13. The molecule has 1 N–H and O–H groups in total. The van der Waals surface area contributed by atoms with Gasteiger partial charge in [-0.1, -0.05) is 46.3 Å². The van der Waals surface area contributed by atoms with Gasteiger partial charge in [0.05, 0.1) is 4.47 Å². The van der Waals surface area contributed by atoms with Crippen molar-refractivity contribution in [1.29, 1.82) is 5.26 Å². The molecule has 0 bridgehead atoms. The fourth-order valence-corrected chi connectivity index (χ4v) is 4.34. The van der Waals surface area contributed by atoms with E-state index in [0.717, 1.165) is 18.1 Å². The van der Waals surface area contributed by atoms with E-state index in [1.807, 2.05) is 54.6 Å². The molecule has 0 unspecified atom stereocenters. The number of hydrogen-bond donors (Lipinski definition) is 1. The number of nitrogens with one attached hydrogen (secondary N) is 1. The van der Waals surface area contributed by atoms with E-state index in [1.165, 1.54) is 6.08 Å². The maximum Gasteiger partial charge on any atom is 0.266 e. The van der Waals surface area contributed by atoms with Gasteiger partial charge in [-0.15, -0.1) is 0 Å². The van der Waals surface area contributed by atoms with Crippen LogP contribution in [0.3, 0.4) is 0 Å². The average Bonchev–Trinajstić information content (AvgIpc) is 2.73. The minimum Gasteiger partial charge on any atom is -0.487 e. The summed E-state index contributed by atoms with van der Waals surface area (Å²) >= 11 is 9.15. The molecule has 4 nitrogen and oxygen atoms in total. The zero-order chi connectivity index (χ0) is 21.5. The molecule has 1 amide bonds. The number of halogens is 3. The summed E-state index contributed by atoms with van der Waals surface area (Å²) in [6.45, 7) is 0.360. The van der Waals surface area contributed by atoms with E-state index in [0.29, 0.717) is 23.6 Å². The van der Waals surface area contributed by atoms with Crippen molar-refractivity contribution in [1.82, 2.24) is 0 Å². The number of nitriles is 1. The summed E-state index contributed by atoms with van der Waals surface area (Å²) in [5, 5.41) is 12.3. The number of benzene rings is 3. The Hall–Kier alpha value is -2.15. The molecule has 0 aliphatic carbocycles. The van der Waals surface area contributed by atoms with Gasteiger partial charge in [0.1, 0.15) is 24.0 Å². The molecule has 0 radical (unpaired) electrons. The lowest BCUT2D eigenvalue weighted by Gasteiger charge is -2.13. The van der Waals surface area contributed by atoms with Crippen molar-refractivity contribution < 1.29 is 9.53 Å². The van der Waals surface area contributed by atoms with Crippen LogP contribution in [0.5, 0.6) is 5.75 Å². The first-order valence-corrected chi connectivity index (χ1v) is 11.5. The normalized spacial score (nSPS) is 10.9. The Labute approximate surface area is 205 Å². The van der Waals surface area contributed by atoms with Crippen molar-refractivity contribution in [2.24, 2.45) is 0 Å². The Kier molecular flexibility index (Phi) is 8.08. The summed E-state index contributed by atoms with van der Waals surface area (Å²) in [6.07, 6.45) is 1.53. The van der Waals surface area contributed by atoms with Crippen LogP contribution in [0, 0.1) is 14.9 Å². The standard InChI is InChI=1S/C23H15Br2IN2O2/c24-18-11-16(22(21(25)12-18)30-14-15-4-2-1-3-5-15)10-17(13-27)23(29)28-20-8-6-19(26)7-9-20/h1-12H,14H2,(H,28,29)/b17-10+. The van der Waals surface area contributed by atoms with Crippen LogP contribution in [0.4, 0.5) is 5.69 Å². The molecule has 0 saturated heterocycles. The largest absolute Gasteiger partial charge is 0.487 e. The second kappa shape index (κ2) is 10.8. The van der Waals surface area contributed by atoms with Crippen molar-refractivity contribution in [2.75, 3.05) is 5.32 Å². The molecule has 0 aliphatic heterocycles. The van der Waals surface area contributed by atoms with Gasteiger partial charge in [0.25, 0.3) is 5.91 Å². The Morgan fingerprint density at radius 1 is 1.10 bits per heavy atom. The van der Waals surface area contributed by atoms with Gasteiger partial charge in [-0.3, -0.25) is 4.79 Å². The van der Waals surface area contributed by atoms with Crippen molar-refractivity contribution in [3.63, 3.8) is 0 Å². The highest BCUT2D eigenvalue weighted by molar-refractivity contribution is 14.1. The number of carbonyl (C=O) groups excluding carboxylic acids is 1. The predicted octanol–water partition coefficient (Wildman–Crippen LogP) is 6.94. The first-order valence-electron chi connectivity index (χ1n) is 8.81. The highest BCUT2D eigenvalue weighted by atomic mass is 127. The van der Waals surface area contributed by atoms with Gasteiger partial charge in [-0.25, -0.2) is 0 Å². The monoisotopic (exact) mass is 636 g/mol. The first kappa shape index (κ1) is 22.5. The van der Waals surface area contributed by atoms with Gasteiger partial charge < -0.3 is 10.1 Å². The summed E-state index contributed by atoms with van der Waals surface area (Å²) < 4.78 is 8.58. The van der Waals surface area contributed by atoms with Gasteiger partial charge in [0.15, 0.2) is 0 Å². The van der Waals surface area contributed by atoms with Crippen LogP contribution in [0.15, 0.2) is 81.2 Å². The minimum atomic E-state index is -0.483. The number of hydrogen-bond acceptors (Lipinski definition) is 3. The third kappa shape index (κ3) is 6.17. The molecule has 0 fully saturated rings. The smallest absolute Gasteiger partial charge is 0.266 e. The van der Waals surface area contributed by atoms with Crippen molar-refractivity contribution in [3.05, 3.63) is 95.9 Å². The second-order valence-corrected chi connectivity index (χ2v) is 9.23. The zero-order valence-electron chi connectivity index (χ0n) is 15.5. The maximum atomic E-state index is 12.6. The summed E-state index contributed by atoms with van der Waals surface area (Å²) in [5.74, 6) is 0.0701. The molecule has 3 aromatic carbocycles. The van der Waals surface area contributed by atoms with E-state index in [9.17, 15) is 10.1 Å². The molecule has 30 heavy (non-hydrogen) atoms. The molecular weight excluding hydrogens is 623 g/mol. The second-order valence-electron chi connectivity index (χ2n) is 6.21. The molecule has 7 heteroatoms. The van der Waals surface area contributed by atoms with E-state index in [4.69, 9.17) is 4.74 Å². The van der Waals surface area contributed by atoms with Crippen LogP contribution in [-0.2, 0) is 11.4 Å². The summed E-state index contributed by atoms with van der Waals surface area (Å²) in [4.78, 5) is 12.6. The molecule has 3 rings (SSSR count). The molecule has 3 aromatic rings. The molecule has 0 aromatic heterocycles. The predicted molar refractivity (Wildman–Crippen MR) is 134 cm³/mol. The number of anilines is 1. The lowest BCUT2D eigenvalue weighted by atomic mass is 10.1. The zero-order valence-corrected chi connectivity index (χ0v) is 20.9. The Morgan fingerprint density at radius 2 is 1.80 bits per heavy atom. The third-order valence-electron chi connectivity index (χ3n) is 4.03. The van der Waals surface area contributed by atoms with Crippen LogP contribution in [0.25, 0.3) is 6.08 Å². The number of rotatable bonds is 6. The van der Waals surface area contributed by atoms with Crippen LogP contribution in [0.2, 0.25) is 0 Å². The number of carbonyl (C=O) groups is 1. The molecule has 150 valence electrons. The Bertz CT molecular complexity index is 1120. The maximum absolute atomic E-state index is 12.6. The van der Waals surface area contributed by atoms with Gasteiger partial charge in [0, 0.05) is 19.3 Å². The molecule has 0 atom stereocenters. The van der Waals surface area contributed by atoms with Gasteiger partial charge in [0.2, 0.25) is 0 Å². The number of ether oxygens (including phenoxy) is 1. The lowest BCUT2D eigenvalue weighted by molar-refractivity contribution is -0.112. The summed E-state index contributed by atoms with van der Waals surface area (Å²) in [7, 11) is 0. The Balaban J connectivity index is 1.88. The molecule has 0 heterocycles. The highest BCUT2D eigenvalue weighted by Gasteiger charge is 2.14. The SMILES string of the molecule is N#C/C(=C\c1cc(Br)cc(Br)c1OCc1ccccc1)C(=O)Nc1ccc(I)cc1. The van der Waals surface area contributed by atoms with Crippen LogP contribution < -0.4 is 10.1 Å². The molecule has 0 aliphatic rings.